The van der Waals surface area contributed by atoms with Crippen molar-refractivity contribution in [2.75, 3.05) is 40.4 Å². The van der Waals surface area contributed by atoms with E-state index in [0.29, 0.717) is 56.8 Å². The Kier molecular flexibility index (Phi) is 9.66. The van der Waals surface area contributed by atoms with Crippen molar-refractivity contribution >= 4 is 17.6 Å². The number of hydrogen-bond acceptors (Lipinski definition) is 7. The zero-order valence-electron chi connectivity index (χ0n) is 24.5. The van der Waals surface area contributed by atoms with E-state index in [-0.39, 0.29) is 35.4 Å². The highest BCUT2D eigenvalue weighted by Gasteiger charge is 2.31. The van der Waals surface area contributed by atoms with Crippen LogP contribution in [0.1, 0.15) is 56.0 Å². The Morgan fingerprint density at radius 2 is 1.49 bits per heavy atom. The van der Waals surface area contributed by atoms with Crippen molar-refractivity contribution in [2.45, 2.75) is 38.0 Å². The van der Waals surface area contributed by atoms with Gasteiger partial charge in [0.2, 0.25) is 0 Å². The summed E-state index contributed by atoms with van der Waals surface area (Å²) in [5.74, 6) is 0.740. The highest BCUT2D eigenvalue weighted by Crippen LogP contribution is 2.24. The zero-order valence-corrected chi connectivity index (χ0v) is 24.5. The van der Waals surface area contributed by atoms with Gasteiger partial charge in [-0.3, -0.25) is 24.3 Å². The molecule has 43 heavy (non-hydrogen) atoms. The molecule has 5 rings (SSSR count). The van der Waals surface area contributed by atoms with E-state index in [0.717, 1.165) is 11.3 Å². The van der Waals surface area contributed by atoms with Crippen molar-refractivity contribution in [1.82, 2.24) is 20.1 Å². The normalized spacial score (nSPS) is 19.5. The minimum absolute atomic E-state index is 0.0710. The standard InChI is InChI=1S/C33H37FN4O5/c1-42-26-8-3-22(4-9-26)20-37-16-15-29(28(34)21-37)36-32(40)25-7-12-30(35-19-25)33(41)38-17-13-24(14-18-38)31(39)23-5-10-27(43-2)11-6-23/h3-12,19,24,28-29H,13-18,20-21H2,1-2H3,(H,36,40)/t28-,29+/m0/s1. The second-order valence-corrected chi connectivity index (χ2v) is 11.1. The van der Waals surface area contributed by atoms with Gasteiger partial charge in [0.05, 0.1) is 25.8 Å². The number of rotatable bonds is 9. The summed E-state index contributed by atoms with van der Waals surface area (Å²) in [6.07, 6.45) is 1.78. The Labute approximate surface area is 251 Å². The van der Waals surface area contributed by atoms with Gasteiger partial charge in [-0.1, -0.05) is 12.1 Å². The first-order valence-corrected chi connectivity index (χ1v) is 14.6. The Bertz CT molecular complexity index is 1410. The van der Waals surface area contributed by atoms with E-state index in [9.17, 15) is 14.4 Å². The molecule has 2 amide bonds. The average Bonchev–Trinajstić information content (AvgIpc) is 3.06. The molecule has 2 saturated heterocycles. The maximum atomic E-state index is 15.0. The third-order valence-corrected chi connectivity index (χ3v) is 8.28. The molecular formula is C33H37FN4O5. The van der Waals surface area contributed by atoms with E-state index in [1.807, 2.05) is 29.2 Å². The Morgan fingerprint density at radius 3 is 2.07 bits per heavy atom. The number of nitrogens with one attached hydrogen (secondary N) is 1. The van der Waals surface area contributed by atoms with E-state index >= 15 is 4.39 Å². The first kappa shape index (κ1) is 30.2. The second kappa shape index (κ2) is 13.8. The third-order valence-electron chi connectivity index (χ3n) is 8.28. The summed E-state index contributed by atoms with van der Waals surface area (Å²) in [6, 6.07) is 17.2. The first-order chi connectivity index (χ1) is 20.8. The van der Waals surface area contributed by atoms with Crippen LogP contribution in [-0.4, -0.2) is 85.0 Å². The van der Waals surface area contributed by atoms with Gasteiger partial charge in [-0.2, -0.15) is 0 Å². The van der Waals surface area contributed by atoms with Gasteiger partial charge >= 0.3 is 0 Å². The number of hydrogen-bond donors (Lipinski definition) is 1. The number of carbonyl (C=O) groups is 3. The predicted octanol–water partition coefficient (Wildman–Crippen LogP) is 4.18. The smallest absolute Gasteiger partial charge is 0.272 e. The summed E-state index contributed by atoms with van der Waals surface area (Å²) < 4.78 is 25.4. The van der Waals surface area contributed by atoms with Crippen molar-refractivity contribution in [3.8, 4) is 11.5 Å². The number of benzene rings is 2. The molecule has 1 N–H and O–H groups in total. The number of nitrogens with zero attached hydrogens (tertiary/aromatic N) is 3. The minimum atomic E-state index is -1.20. The zero-order chi connectivity index (χ0) is 30.3. The van der Waals surface area contributed by atoms with Gasteiger partial charge in [-0.15, -0.1) is 0 Å². The molecule has 9 nitrogen and oxygen atoms in total. The van der Waals surface area contributed by atoms with E-state index in [2.05, 4.69) is 10.3 Å². The number of carbonyl (C=O) groups excluding carboxylic acids is 3. The maximum Gasteiger partial charge on any atom is 0.272 e. The van der Waals surface area contributed by atoms with Gasteiger partial charge in [-0.25, -0.2) is 4.39 Å². The molecule has 0 bridgehead atoms. The highest BCUT2D eigenvalue weighted by molar-refractivity contribution is 5.99. The first-order valence-electron chi connectivity index (χ1n) is 14.6. The van der Waals surface area contributed by atoms with Crippen LogP contribution in [0.25, 0.3) is 0 Å². The van der Waals surface area contributed by atoms with Crippen molar-refractivity contribution < 1.29 is 28.2 Å². The molecule has 2 fully saturated rings. The number of alkyl halides is 1. The van der Waals surface area contributed by atoms with Gasteiger partial charge in [0.25, 0.3) is 11.8 Å². The molecule has 2 atom stereocenters. The van der Waals surface area contributed by atoms with Crippen LogP contribution in [0.15, 0.2) is 66.9 Å². The van der Waals surface area contributed by atoms with E-state index in [1.165, 1.54) is 12.3 Å². The quantitative estimate of drug-likeness (QED) is 0.375. The number of piperidine rings is 2. The van der Waals surface area contributed by atoms with Gasteiger partial charge in [0.1, 0.15) is 23.4 Å². The molecule has 226 valence electrons. The number of methoxy groups -OCH3 is 2. The average molecular weight is 589 g/mol. The third kappa shape index (κ3) is 7.37. The van der Waals surface area contributed by atoms with Crippen LogP contribution in [0.3, 0.4) is 0 Å². The molecule has 3 heterocycles. The van der Waals surface area contributed by atoms with Crippen LogP contribution in [0.4, 0.5) is 4.39 Å². The van der Waals surface area contributed by atoms with E-state index in [1.54, 1.807) is 49.5 Å². The number of pyridine rings is 1. The number of aromatic nitrogens is 1. The van der Waals surface area contributed by atoms with Crippen LogP contribution in [0.2, 0.25) is 0 Å². The Hall–Kier alpha value is -4.31. The fourth-order valence-corrected chi connectivity index (χ4v) is 5.67. The largest absolute Gasteiger partial charge is 0.497 e. The molecule has 0 aliphatic carbocycles. The van der Waals surface area contributed by atoms with Crippen LogP contribution < -0.4 is 14.8 Å². The molecule has 3 aromatic rings. The summed E-state index contributed by atoms with van der Waals surface area (Å²) >= 11 is 0. The van der Waals surface area contributed by atoms with Gasteiger partial charge in [-0.05, 0) is 73.4 Å². The molecule has 2 aliphatic heterocycles. The van der Waals surface area contributed by atoms with Crippen LogP contribution in [0, 0.1) is 5.92 Å². The van der Waals surface area contributed by atoms with Crippen molar-refractivity contribution in [3.05, 3.63) is 89.2 Å². The lowest BCUT2D eigenvalue weighted by Gasteiger charge is -2.35. The molecule has 0 unspecified atom stereocenters. The topological polar surface area (TPSA) is 101 Å². The summed E-state index contributed by atoms with van der Waals surface area (Å²) in [4.78, 5) is 46.8. The van der Waals surface area contributed by atoms with Gasteiger partial charge in [0, 0.05) is 50.4 Å². The van der Waals surface area contributed by atoms with E-state index in [4.69, 9.17) is 9.47 Å². The number of halogens is 1. The molecule has 0 spiro atoms. The maximum absolute atomic E-state index is 15.0. The molecule has 1 aromatic heterocycles. The lowest BCUT2D eigenvalue weighted by molar-refractivity contribution is 0.0645. The number of likely N-dealkylation sites (tertiary alicyclic amines) is 2. The lowest BCUT2D eigenvalue weighted by Crippen LogP contribution is -2.52. The van der Waals surface area contributed by atoms with Crippen molar-refractivity contribution in [2.24, 2.45) is 5.92 Å². The summed E-state index contributed by atoms with van der Waals surface area (Å²) in [5.41, 5.74) is 2.21. The number of ketones is 1. The lowest BCUT2D eigenvalue weighted by atomic mass is 9.88. The number of Topliss-reactive ketones (excluding diaryl/α,β-unsaturated/α-hetero) is 1. The van der Waals surface area contributed by atoms with Gasteiger partial charge < -0.3 is 19.7 Å². The highest BCUT2D eigenvalue weighted by atomic mass is 19.1. The van der Waals surface area contributed by atoms with Crippen molar-refractivity contribution in [3.63, 3.8) is 0 Å². The summed E-state index contributed by atoms with van der Waals surface area (Å²) in [6.45, 7) is 2.41. The Morgan fingerprint density at radius 1 is 0.860 bits per heavy atom. The predicted molar refractivity (Wildman–Crippen MR) is 159 cm³/mol. The molecular weight excluding hydrogens is 551 g/mol. The summed E-state index contributed by atoms with van der Waals surface area (Å²) in [7, 11) is 3.20. The molecule has 2 aliphatic rings. The van der Waals surface area contributed by atoms with Crippen LogP contribution >= 0.6 is 0 Å². The number of ether oxygens (including phenoxy) is 2. The molecule has 0 radical (unpaired) electrons. The minimum Gasteiger partial charge on any atom is -0.497 e. The SMILES string of the molecule is COc1ccc(CN2CC[C@@H](NC(=O)c3ccc(C(=O)N4CCC(C(=O)c5ccc(OC)cc5)CC4)nc3)[C@@H](F)C2)cc1. The van der Waals surface area contributed by atoms with Gasteiger partial charge in [0.15, 0.2) is 5.78 Å². The second-order valence-electron chi connectivity index (χ2n) is 11.1. The van der Waals surface area contributed by atoms with Crippen LogP contribution in [0.5, 0.6) is 11.5 Å². The number of amides is 2. The monoisotopic (exact) mass is 588 g/mol. The molecule has 10 heteroatoms. The fourth-order valence-electron chi connectivity index (χ4n) is 5.67. The molecule has 0 saturated carbocycles. The van der Waals surface area contributed by atoms with Crippen LogP contribution in [-0.2, 0) is 6.54 Å². The summed E-state index contributed by atoms with van der Waals surface area (Å²) in [5, 5.41) is 2.80. The van der Waals surface area contributed by atoms with Crippen molar-refractivity contribution in [1.29, 1.82) is 0 Å². The van der Waals surface area contributed by atoms with E-state index < -0.39 is 18.1 Å². The molecule has 2 aromatic carbocycles. The Balaban J connectivity index is 1.08. The fraction of sp³-hybridized carbons (Fsp3) is 0.394.